The zero-order valence-electron chi connectivity index (χ0n) is 12.6. The van der Waals surface area contributed by atoms with Crippen molar-refractivity contribution >= 4 is 45.9 Å². The lowest BCUT2D eigenvalue weighted by Gasteiger charge is -2.06. The van der Waals surface area contributed by atoms with Gasteiger partial charge in [-0.25, -0.2) is 4.79 Å². The molecule has 5 nitrogen and oxygen atoms in total. The van der Waals surface area contributed by atoms with Crippen molar-refractivity contribution in [2.24, 2.45) is 0 Å². The van der Waals surface area contributed by atoms with Crippen LogP contribution in [-0.2, 0) is 4.74 Å². The molecule has 126 valence electrons. The van der Waals surface area contributed by atoms with Gasteiger partial charge < -0.3 is 9.15 Å². The highest BCUT2D eigenvalue weighted by atomic mass is 35.5. The van der Waals surface area contributed by atoms with E-state index >= 15 is 0 Å². The van der Waals surface area contributed by atoms with Gasteiger partial charge in [0.15, 0.2) is 12.0 Å². The number of benzene rings is 2. The maximum absolute atomic E-state index is 12.1. The summed E-state index contributed by atoms with van der Waals surface area (Å²) in [6.07, 6.45) is 0. The molecule has 0 saturated heterocycles. The summed E-state index contributed by atoms with van der Waals surface area (Å²) in [7, 11) is 0. The third kappa shape index (κ3) is 3.73. The molecule has 0 amide bonds. The van der Waals surface area contributed by atoms with Crippen LogP contribution in [-0.4, -0.2) is 18.4 Å². The number of para-hydroxylation sites is 1. The Labute approximate surface area is 151 Å². The summed E-state index contributed by atoms with van der Waals surface area (Å²) in [6.45, 7) is -0.545. The number of hydrogen-bond donors (Lipinski definition) is 0. The maximum Gasteiger partial charge on any atom is 0.374 e. The van der Waals surface area contributed by atoms with Gasteiger partial charge in [0.25, 0.3) is 0 Å². The Bertz CT molecular complexity index is 1040. The molecule has 0 aliphatic carbocycles. The Morgan fingerprint density at radius 2 is 1.80 bits per heavy atom. The first-order valence-electron chi connectivity index (χ1n) is 7.14. The van der Waals surface area contributed by atoms with E-state index in [1.54, 1.807) is 24.3 Å². The van der Waals surface area contributed by atoms with E-state index in [9.17, 15) is 14.4 Å². The molecule has 1 heterocycles. The topological polar surface area (TPSA) is 73.6 Å². The minimum Gasteiger partial charge on any atom is -0.451 e. The van der Waals surface area contributed by atoms with Gasteiger partial charge in [-0.1, -0.05) is 35.3 Å². The molecular formula is C18H10Cl2O5. The van der Waals surface area contributed by atoms with Gasteiger partial charge in [-0.05, 0) is 30.3 Å². The Kier molecular flexibility index (Phi) is 4.88. The second-order valence-corrected chi connectivity index (χ2v) is 5.94. The minimum absolute atomic E-state index is 0.158. The summed E-state index contributed by atoms with van der Waals surface area (Å²) >= 11 is 11.7. The van der Waals surface area contributed by atoms with Crippen LogP contribution >= 0.6 is 23.2 Å². The smallest absolute Gasteiger partial charge is 0.374 e. The van der Waals surface area contributed by atoms with Crippen molar-refractivity contribution < 1.29 is 18.7 Å². The fraction of sp³-hybridized carbons (Fsp3) is 0.0556. The molecule has 0 spiro atoms. The minimum atomic E-state index is -0.915. The first kappa shape index (κ1) is 17.2. The van der Waals surface area contributed by atoms with Crippen LogP contribution in [0.2, 0.25) is 10.0 Å². The Hall–Kier alpha value is -2.63. The van der Waals surface area contributed by atoms with Gasteiger partial charge in [0.05, 0.1) is 10.4 Å². The molecule has 1 aromatic heterocycles. The van der Waals surface area contributed by atoms with Crippen molar-refractivity contribution in [2.75, 3.05) is 6.61 Å². The van der Waals surface area contributed by atoms with E-state index in [0.717, 1.165) is 6.07 Å². The highest BCUT2D eigenvalue weighted by molar-refractivity contribution is 6.36. The average Bonchev–Trinajstić information content (AvgIpc) is 2.59. The summed E-state index contributed by atoms with van der Waals surface area (Å²) in [4.78, 5) is 36.1. The van der Waals surface area contributed by atoms with Crippen LogP contribution in [0.3, 0.4) is 0 Å². The predicted octanol–water partition coefficient (Wildman–Crippen LogP) is 4.14. The zero-order chi connectivity index (χ0) is 18.0. The SMILES string of the molecule is O=C(OCC(=O)c1ccc(Cl)cc1Cl)c1cc(=O)c2ccccc2o1. The molecule has 7 heteroatoms. The lowest BCUT2D eigenvalue weighted by Crippen LogP contribution is -2.16. The van der Waals surface area contributed by atoms with Gasteiger partial charge in [-0.15, -0.1) is 0 Å². The zero-order valence-corrected chi connectivity index (χ0v) is 14.1. The van der Waals surface area contributed by atoms with Crippen molar-refractivity contribution in [3.05, 3.63) is 80.1 Å². The Morgan fingerprint density at radius 1 is 1.04 bits per heavy atom. The second-order valence-electron chi connectivity index (χ2n) is 5.09. The van der Waals surface area contributed by atoms with Gasteiger partial charge in [-0.2, -0.15) is 0 Å². The lowest BCUT2D eigenvalue weighted by atomic mass is 10.1. The monoisotopic (exact) mass is 376 g/mol. The third-order valence-electron chi connectivity index (χ3n) is 3.40. The van der Waals surface area contributed by atoms with Crippen LogP contribution in [0.1, 0.15) is 20.9 Å². The molecule has 0 aliphatic rings. The number of Topliss-reactive ketones (excluding diaryl/α,β-unsaturated/α-hetero) is 1. The standard InChI is InChI=1S/C18H10Cl2O5/c19-10-5-6-11(13(20)7-10)15(22)9-24-18(23)17-8-14(21)12-3-1-2-4-16(12)25-17/h1-8H,9H2. The molecular weight excluding hydrogens is 367 g/mol. The van der Waals surface area contributed by atoms with E-state index in [1.807, 2.05) is 0 Å². The molecule has 0 atom stereocenters. The van der Waals surface area contributed by atoms with Crippen LogP contribution in [0.15, 0.2) is 57.7 Å². The molecule has 0 saturated carbocycles. The van der Waals surface area contributed by atoms with E-state index in [0.29, 0.717) is 10.4 Å². The molecule has 0 unspecified atom stereocenters. The number of fused-ring (bicyclic) bond motifs is 1. The van der Waals surface area contributed by atoms with Crippen molar-refractivity contribution in [1.29, 1.82) is 0 Å². The number of esters is 1. The van der Waals surface area contributed by atoms with E-state index in [2.05, 4.69) is 0 Å². The van der Waals surface area contributed by atoms with Crippen LogP contribution in [0.25, 0.3) is 11.0 Å². The number of halogens is 2. The third-order valence-corrected chi connectivity index (χ3v) is 3.95. The number of ketones is 1. The molecule has 0 N–H and O–H groups in total. The average molecular weight is 377 g/mol. The molecule has 0 radical (unpaired) electrons. The maximum atomic E-state index is 12.1. The molecule has 0 fully saturated rings. The summed E-state index contributed by atoms with van der Waals surface area (Å²) in [6, 6.07) is 11.9. The van der Waals surface area contributed by atoms with Crippen LogP contribution in [0.4, 0.5) is 0 Å². The normalized spacial score (nSPS) is 10.6. The molecule has 25 heavy (non-hydrogen) atoms. The molecule has 3 aromatic rings. The van der Waals surface area contributed by atoms with E-state index in [1.165, 1.54) is 18.2 Å². The van der Waals surface area contributed by atoms with E-state index in [4.69, 9.17) is 32.4 Å². The van der Waals surface area contributed by atoms with Gasteiger partial charge in [0.2, 0.25) is 11.5 Å². The number of ether oxygens (including phenoxy) is 1. The van der Waals surface area contributed by atoms with Crippen molar-refractivity contribution in [3.63, 3.8) is 0 Å². The molecule has 0 bridgehead atoms. The van der Waals surface area contributed by atoms with Crippen LogP contribution < -0.4 is 5.43 Å². The number of hydrogen-bond acceptors (Lipinski definition) is 5. The summed E-state index contributed by atoms with van der Waals surface area (Å²) in [5.74, 6) is -1.70. The lowest BCUT2D eigenvalue weighted by molar-refractivity contribution is 0.0444. The van der Waals surface area contributed by atoms with Crippen LogP contribution in [0.5, 0.6) is 0 Å². The van der Waals surface area contributed by atoms with Crippen LogP contribution in [0, 0.1) is 0 Å². The van der Waals surface area contributed by atoms with E-state index in [-0.39, 0.29) is 27.4 Å². The summed E-state index contributed by atoms with van der Waals surface area (Å²) < 4.78 is 10.3. The summed E-state index contributed by atoms with van der Waals surface area (Å²) in [5.41, 5.74) is 0.0636. The quantitative estimate of drug-likeness (QED) is 0.505. The van der Waals surface area contributed by atoms with E-state index < -0.39 is 18.4 Å². The first-order valence-corrected chi connectivity index (χ1v) is 7.89. The van der Waals surface area contributed by atoms with Crippen molar-refractivity contribution in [1.82, 2.24) is 0 Å². The van der Waals surface area contributed by atoms with Gasteiger partial charge in [0, 0.05) is 16.7 Å². The number of carbonyl (C=O) groups excluding carboxylic acids is 2. The largest absolute Gasteiger partial charge is 0.451 e. The number of rotatable bonds is 4. The fourth-order valence-electron chi connectivity index (χ4n) is 2.20. The predicted molar refractivity (Wildman–Crippen MR) is 93.6 cm³/mol. The first-order chi connectivity index (χ1) is 12.0. The van der Waals surface area contributed by atoms with Gasteiger partial charge in [-0.3, -0.25) is 9.59 Å². The van der Waals surface area contributed by atoms with Gasteiger partial charge >= 0.3 is 5.97 Å². The Morgan fingerprint density at radius 3 is 2.56 bits per heavy atom. The Balaban J connectivity index is 1.76. The molecule has 3 rings (SSSR count). The fourth-order valence-corrected chi connectivity index (χ4v) is 2.71. The highest BCUT2D eigenvalue weighted by Gasteiger charge is 2.17. The molecule has 0 aliphatic heterocycles. The summed E-state index contributed by atoms with van der Waals surface area (Å²) in [5, 5.41) is 0.894. The molecule has 2 aromatic carbocycles. The highest BCUT2D eigenvalue weighted by Crippen LogP contribution is 2.21. The van der Waals surface area contributed by atoms with Crippen molar-refractivity contribution in [3.8, 4) is 0 Å². The van der Waals surface area contributed by atoms with Crippen molar-refractivity contribution in [2.45, 2.75) is 0 Å². The second kappa shape index (κ2) is 7.09. The van der Waals surface area contributed by atoms with Gasteiger partial charge in [0.1, 0.15) is 5.58 Å². The number of carbonyl (C=O) groups is 2.